The summed E-state index contributed by atoms with van der Waals surface area (Å²) in [6.07, 6.45) is 5.05. The fourth-order valence-electron chi connectivity index (χ4n) is 6.80. The average Bonchev–Trinajstić information content (AvgIpc) is 2.93. The number of carbonyl (C=O) groups is 1. The third-order valence-corrected chi connectivity index (χ3v) is 8.59. The van der Waals surface area contributed by atoms with Crippen LogP contribution >= 0.6 is 0 Å². The second-order valence-corrected chi connectivity index (χ2v) is 15.0. The van der Waals surface area contributed by atoms with E-state index < -0.39 is 11.1 Å². The van der Waals surface area contributed by atoms with Crippen molar-refractivity contribution < 1.29 is 20.4 Å². The van der Waals surface area contributed by atoms with E-state index >= 15 is 0 Å². The molecule has 0 amide bonds. The number of carbonyl (C=O) groups excluding carboxylic acids is 1. The Balaban J connectivity index is -0.000000481. The van der Waals surface area contributed by atoms with Gasteiger partial charge in [0, 0.05) is 27.7 Å². The number of nitrogens with zero attached hydrogens (tertiary/aromatic N) is 3. The molecule has 0 radical (unpaired) electrons. The summed E-state index contributed by atoms with van der Waals surface area (Å²) >= 11 is 0. The monoisotopic (exact) mass is 560 g/mol. The molecule has 3 rings (SSSR count). The molecule has 0 aromatic heterocycles. The average molecular weight is 560 g/mol. The van der Waals surface area contributed by atoms with E-state index in [0.717, 1.165) is 19.3 Å². The van der Waals surface area contributed by atoms with Gasteiger partial charge in [0.05, 0.1) is 11.1 Å². The summed E-state index contributed by atoms with van der Waals surface area (Å²) in [6.45, 7) is 30.2. The molecule has 1 unspecified atom stereocenters. The van der Waals surface area contributed by atoms with Crippen molar-refractivity contribution in [3.63, 3.8) is 0 Å². The molecule has 3 aliphatic rings. The lowest BCUT2D eigenvalue weighted by molar-refractivity contribution is -0.249. The predicted molar refractivity (Wildman–Crippen MR) is 166 cm³/mol. The normalized spacial score (nSPS) is 28.2. The smallest absolute Gasteiger partial charge is 0.157 e. The molecular formula is C32H69N3O4. The first kappa shape index (κ1) is 42.6. The van der Waals surface area contributed by atoms with Gasteiger partial charge in [-0.05, 0) is 121 Å². The summed E-state index contributed by atoms with van der Waals surface area (Å²) in [4.78, 5) is 11.3. The number of hydrogen-bond acceptors (Lipinski definition) is 7. The van der Waals surface area contributed by atoms with Crippen molar-refractivity contribution in [1.29, 1.82) is 0 Å². The van der Waals surface area contributed by atoms with Crippen LogP contribution in [0.15, 0.2) is 11.6 Å². The molecule has 0 spiro atoms. The molecule has 0 aromatic carbocycles. The highest BCUT2D eigenvalue weighted by molar-refractivity contribution is 5.96. The summed E-state index contributed by atoms with van der Waals surface area (Å²) in [6, 6.07) is 0. The van der Waals surface area contributed by atoms with E-state index in [2.05, 4.69) is 69.2 Å². The summed E-state index contributed by atoms with van der Waals surface area (Å²) in [7, 11) is 0. The molecule has 3 aliphatic heterocycles. The van der Waals surface area contributed by atoms with Crippen LogP contribution in [-0.2, 0) is 4.79 Å². The summed E-state index contributed by atoms with van der Waals surface area (Å²) in [5, 5.41) is 33.8. The number of hydroxylamine groups is 6. The lowest BCUT2D eigenvalue weighted by Crippen LogP contribution is -2.58. The van der Waals surface area contributed by atoms with E-state index in [1.165, 1.54) is 22.1 Å². The van der Waals surface area contributed by atoms with Crippen LogP contribution in [0.25, 0.3) is 0 Å². The SMILES string of the molecule is C.C.C.CC(=O)C1=CC(C)(C)N(O)C1(C)C.CC1CC(C)(C)N(O)C(C)(C)C1.CC1CC(C)(C)N(O)C1(C)C. The van der Waals surface area contributed by atoms with Crippen LogP contribution in [-0.4, -0.2) is 69.8 Å². The van der Waals surface area contributed by atoms with E-state index in [-0.39, 0.29) is 50.2 Å². The van der Waals surface area contributed by atoms with Gasteiger partial charge in [-0.25, -0.2) is 0 Å². The first-order valence-electron chi connectivity index (χ1n) is 13.5. The van der Waals surface area contributed by atoms with Crippen LogP contribution in [0.3, 0.4) is 0 Å². The second kappa shape index (κ2) is 13.4. The van der Waals surface area contributed by atoms with Gasteiger partial charge >= 0.3 is 0 Å². The number of hydrogen-bond donors (Lipinski definition) is 3. The highest BCUT2D eigenvalue weighted by atomic mass is 16.5. The quantitative estimate of drug-likeness (QED) is 0.296. The van der Waals surface area contributed by atoms with Crippen molar-refractivity contribution in [3.05, 3.63) is 11.6 Å². The van der Waals surface area contributed by atoms with Gasteiger partial charge in [0.25, 0.3) is 0 Å². The Hall–Kier alpha value is -0.830. The molecule has 7 nitrogen and oxygen atoms in total. The van der Waals surface area contributed by atoms with E-state index in [9.17, 15) is 20.4 Å². The lowest BCUT2D eigenvalue weighted by atomic mass is 9.76. The van der Waals surface area contributed by atoms with Gasteiger partial charge in [-0.3, -0.25) is 4.79 Å². The molecule has 7 heteroatoms. The first-order chi connectivity index (χ1) is 15.7. The van der Waals surface area contributed by atoms with Crippen LogP contribution in [0.2, 0.25) is 0 Å². The van der Waals surface area contributed by atoms with Crippen LogP contribution in [0, 0.1) is 11.8 Å². The minimum absolute atomic E-state index is 0. The Morgan fingerprint density at radius 2 is 1.05 bits per heavy atom. The highest BCUT2D eigenvalue weighted by Crippen LogP contribution is 2.43. The van der Waals surface area contributed by atoms with Gasteiger partial charge in [0.15, 0.2) is 5.78 Å². The third-order valence-electron chi connectivity index (χ3n) is 8.59. The summed E-state index contributed by atoms with van der Waals surface area (Å²) in [5.74, 6) is 1.29. The topological polar surface area (TPSA) is 87.5 Å². The molecule has 236 valence electrons. The van der Waals surface area contributed by atoms with E-state index in [0.29, 0.717) is 17.4 Å². The van der Waals surface area contributed by atoms with Crippen LogP contribution < -0.4 is 0 Å². The minimum Gasteiger partial charge on any atom is -0.313 e. The zero-order valence-corrected chi connectivity index (χ0v) is 25.9. The molecule has 3 heterocycles. The molecule has 0 bridgehead atoms. The Morgan fingerprint density at radius 1 is 0.692 bits per heavy atom. The van der Waals surface area contributed by atoms with Crippen LogP contribution in [0.5, 0.6) is 0 Å². The molecular weight excluding hydrogens is 490 g/mol. The van der Waals surface area contributed by atoms with Crippen molar-refractivity contribution in [3.8, 4) is 0 Å². The molecule has 0 aromatic rings. The second-order valence-electron chi connectivity index (χ2n) is 15.0. The summed E-state index contributed by atoms with van der Waals surface area (Å²) in [5.41, 5.74) is -0.603. The number of piperidine rings is 1. The molecule has 2 fully saturated rings. The number of ketones is 1. The van der Waals surface area contributed by atoms with E-state index in [1.54, 1.807) is 0 Å². The van der Waals surface area contributed by atoms with Crippen molar-refractivity contribution in [2.75, 3.05) is 0 Å². The van der Waals surface area contributed by atoms with Crippen molar-refractivity contribution >= 4 is 5.78 Å². The minimum atomic E-state index is -0.574. The zero-order valence-electron chi connectivity index (χ0n) is 25.9. The predicted octanol–water partition coefficient (Wildman–Crippen LogP) is 8.61. The fraction of sp³-hybridized carbons (Fsp3) is 0.906. The first-order valence-corrected chi connectivity index (χ1v) is 13.5. The fourth-order valence-corrected chi connectivity index (χ4v) is 6.80. The molecule has 2 saturated heterocycles. The third kappa shape index (κ3) is 9.08. The molecule has 3 N–H and O–H groups in total. The van der Waals surface area contributed by atoms with Gasteiger partial charge in [0.1, 0.15) is 0 Å². The van der Waals surface area contributed by atoms with Gasteiger partial charge in [0.2, 0.25) is 0 Å². The van der Waals surface area contributed by atoms with Gasteiger partial charge in [-0.2, -0.15) is 15.2 Å². The van der Waals surface area contributed by atoms with Crippen molar-refractivity contribution in [2.24, 2.45) is 11.8 Å². The van der Waals surface area contributed by atoms with Gasteiger partial charge < -0.3 is 15.6 Å². The van der Waals surface area contributed by atoms with Crippen LogP contribution in [0.4, 0.5) is 0 Å². The number of Topliss-reactive ketones (excluding diaryl/α,β-unsaturated/α-hetero) is 1. The largest absolute Gasteiger partial charge is 0.313 e. The lowest BCUT2D eigenvalue weighted by Gasteiger charge is -2.50. The zero-order chi connectivity index (χ0) is 28.9. The molecule has 0 aliphatic carbocycles. The maximum absolute atomic E-state index is 11.3. The van der Waals surface area contributed by atoms with Crippen molar-refractivity contribution in [1.82, 2.24) is 15.2 Å². The van der Waals surface area contributed by atoms with Crippen LogP contribution in [0.1, 0.15) is 145 Å². The van der Waals surface area contributed by atoms with Gasteiger partial charge in [-0.1, -0.05) is 42.2 Å². The molecule has 39 heavy (non-hydrogen) atoms. The van der Waals surface area contributed by atoms with E-state index in [1.807, 2.05) is 33.8 Å². The highest BCUT2D eigenvalue weighted by Gasteiger charge is 2.49. The maximum Gasteiger partial charge on any atom is 0.157 e. The standard InChI is InChI=1S/C10H17NO2.C10H21NO.C9H19NO.3CH4/c1-7(12)8-6-9(2,3)11(13)10(8,4)5;1-8-6-9(2,3)11(12)10(4,5)7-8;1-7-6-8(2,3)10(11)9(7,4)5;;;/h6,13H,1-5H3;8,12H,6-7H2,1-5H3;7,11H,6H2,1-5H3;3*1H4. The Kier molecular flexibility index (Phi) is 14.7. The van der Waals surface area contributed by atoms with E-state index in [4.69, 9.17) is 0 Å². The Bertz CT molecular complexity index is 809. The molecule has 1 atom stereocenters. The number of rotatable bonds is 1. The van der Waals surface area contributed by atoms with Gasteiger partial charge in [-0.15, -0.1) is 0 Å². The Morgan fingerprint density at radius 3 is 1.23 bits per heavy atom. The van der Waals surface area contributed by atoms with Crippen molar-refractivity contribution in [2.45, 2.75) is 179 Å². The maximum atomic E-state index is 11.3. The Labute approximate surface area is 243 Å². The molecule has 0 saturated carbocycles. The summed E-state index contributed by atoms with van der Waals surface area (Å²) < 4.78 is 0.